The zero-order valence-electron chi connectivity index (χ0n) is 9.99. The van der Waals surface area contributed by atoms with Crippen LogP contribution in [0.5, 0.6) is 0 Å². The van der Waals surface area contributed by atoms with Gasteiger partial charge in [-0.05, 0) is 22.9 Å². The van der Waals surface area contributed by atoms with Crippen molar-refractivity contribution in [3.63, 3.8) is 0 Å². The van der Waals surface area contributed by atoms with E-state index >= 15 is 0 Å². The lowest BCUT2D eigenvalue weighted by Crippen LogP contribution is -2.25. The Morgan fingerprint density at radius 3 is 2.74 bits per heavy atom. The number of carbonyl (C=O) groups is 1. The van der Waals surface area contributed by atoms with Crippen LogP contribution in [0, 0.1) is 17.0 Å². The Balaban J connectivity index is 2.23. The molecule has 0 aliphatic rings. The Morgan fingerprint density at radius 2 is 2.26 bits per heavy atom. The minimum absolute atomic E-state index is 0.208. The van der Waals surface area contributed by atoms with Gasteiger partial charge in [0.25, 0.3) is 5.91 Å². The maximum absolute atomic E-state index is 12.0. The molecular formula is C9H9BrN6O3. The lowest BCUT2D eigenvalue weighted by molar-refractivity contribution is -0.384. The van der Waals surface area contributed by atoms with Crippen LogP contribution in [0.3, 0.4) is 0 Å². The summed E-state index contributed by atoms with van der Waals surface area (Å²) >= 11 is 3.26. The third kappa shape index (κ3) is 2.47. The quantitative estimate of drug-likeness (QED) is 0.667. The molecule has 1 N–H and O–H groups in total. The van der Waals surface area contributed by atoms with Gasteiger partial charge in [-0.3, -0.25) is 19.6 Å². The van der Waals surface area contributed by atoms with E-state index < -0.39 is 10.8 Å². The van der Waals surface area contributed by atoms with Crippen molar-refractivity contribution < 1.29 is 9.72 Å². The van der Waals surface area contributed by atoms with Crippen molar-refractivity contribution in [3.8, 4) is 0 Å². The summed E-state index contributed by atoms with van der Waals surface area (Å²) in [6.07, 6.45) is 2.15. The maximum atomic E-state index is 12.0. The second-order valence-electron chi connectivity index (χ2n) is 3.71. The number of hydrogen-bond donors (Lipinski definition) is 1. The summed E-state index contributed by atoms with van der Waals surface area (Å²) in [4.78, 5) is 22.9. The predicted octanol–water partition coefficient (Wildman–Crippen LogP) is 0.980. The first-order valence-corrected chi connectivity index (χ1v) is 5.89. The maximum Gasteiger partial charge on any atom is 0.309 e. The van der Waals surface area contributed by atoms with E-state index in [1.54, 1.807) is 14.0 Å². The van der Waals surface area contributed by atoms with Crippen LogP contribution >= 0.6 is 15.9 Å². The van der Waals surface area contributed by atoms with Crippen LogP contribution in [-0.4, -0.2) is 30.5 Å². The van der Waals surface area contributed by atoms with E-state index in [2.05, 4.69) is 31.6 Å². The van der Waals surface area contributed by atoms with Crippen LogP contribution < -0.4 is 5.43 Å². The zero-order valence-corrected chi connectivity index (χ0v) is 11.6. The Labute approximate surface area is 115 Å². The number of rotatable bonds is 3. The standard InChI is InChI=1S/C9H9BrN6O3/c1-5-7(10)8(14(2)12-5)9(17)13-15-4-6(3-11-15)16(18)19/h3-4H,1-2H3,(H,13,17). The summed E-state index contributed by atoms with van der Waals surface area (Å²) in [5.41, 5.74) is 3.16. The highest BCUT2D eigenvalue weighted by Gasteiger charge is 2.19. The van der Waals surface area contributed by atoms with Gasteiger partial charge in [-0.25, -0.2) is 5.43 Å². The van der Waals surface area contributed by atoms with Gasteiger partial charge in [0.1, 0.15) is 18.1 Å². The third-order valence-electron chi connectivity index (χ3n) is 2.36. The molecule has 10 heteroatoms. The minimum atomic E-state index is -0.597. The number of nitrogens with one attached hydrogen (secondary N) is 1. The molecule has 9 nitrogen and oxygen atoms in total. The molecule has 1 amide bonds. The van der Waals surface area contributed by atoms with E-state index in [0.717, 1.165) is 17.2 Å². The first-order chi connectivity index (χ1) is 8.90. The Bertz CT molecular complexity index is 661. The highest BCUT2D eigenvalue weighted by atomic mass is 79.9. The average molecular weight is 329 g/mol. The number of nitrogens with zero attached hydrogens (tertiary/aromatic N) is 5. The number of amides is 1. The lowest BCUT2D eigenvalue weighted by atomic mass is 10.3. The van der Waals surface area contributed by atoms with Gasteiger partial charge in [-0.2, -0.15) is 15.0 Å². The molecule has 100 valence electrons. The first-order valence-electron chi connectivity index (χ1n) is 5.09. The smallest absolute Gasteiger partial charge is 0.266 e. The number of carbonyl (C=O) groups excluding carboxylic acids is 1. The normalized spacial score (nSPS) is 10.5. The fourth-order valence-electron chi connectivity index (χ4n) is 1.50. The summed E-state index contributed by atoms with van der Waals surface area (Å²) in [5.74, 6) is -0.479. The first kappa shape index (κ1) is 13.2. The van der Waals surface area contributed by atoms with E-state index in [9.17, 15) is 14.9 Å². The molecule has 0 saturated carbocycles. The van der Waals surface area contributed by atoms with Crippen molar-refractivity contribution in [1.82, 2.24) is 19.7 Å². The van der Waals surface area contributed by atoms with Gasteiger partial charge >= 0.3 is 5.69 Å². The molecular weight excluding hydrogens is 320 g/mol. The van der Waals surface area contributed by atoms with Crippen LogP contribution in [0.1, 0.15) is 16.2 Å². The van der Waals surface area contributed by atoms with Crippen LogP contribution in [0.4, 0.5) is 5.69 Å². The second kappa shape index (κ2) is 4.80. The molecule has 0 aliphatic heterocycles. The molecule has 0 spiro atoms. The minimum Gasteiger partial charge on any atom is -0.266 e. The molecule has 2 aromatic heterocycles. The van der Waals surface area contributed by atoms with Crippen molar-refractivity contribution in [2.75, 3.05) is 5.43 Å². The summed E-state index contributed by atoms with van der Waals surface area (Å²) in [5, 5.41) is 18.2. The van der Waals surface area contributed by atoms with Crippen LogP contribution in [-0.2, 0) is 7.05 Å². The van der Waals surface area contributed by atoms with Crippen LogP contribution in [0.25, 0.3) is 0 Å². The van der Waals surface area contributed by atoms with Gasteiger partial charge in [-0.15, -0.1) is 0 Å². The molecule has 2 aromatic rings. The molecule has 0 atom stereocenters. The van der Waals surface area contributed by atoms with Crippen molar-refractivity contribution in [2.24, 2.45) is 7.05 Å². The molecule has 0 aromatic carbocycles. The monoisotopic (exact) mass is 328 g/mol. The van der Waals surface area contributed by atoms with Gasteiger partial charge in [0.05, 0.1) is 15.1 Å². The van der Waals surface area contributed by atoms with Gasteiger partial charge in [0.15, 0.2) is 0 Å². The highest BCUT2D eigenvalue weighted by molar-refractivity contribution is 9.10. The van der Waals surface area contributed by atoms with Crippen molar-refractivity contribution >= 4 is 27.5 Å². The number of hydrogen-bond acceptors (Lipinski definition) is 5. The lowest BCUT2D eigenvalue weighted by Gasteiger charge is -2.04. The van der Waals surface area contributed by atoms with E-state index in [-0.39, 0.29) is 5.69 Å². The van der Waals surface area contributed by atoms with Crippen molar-refractivity contribution in [3.05, 3.63) is 38.4 Å². The fourth-order valence-corrected chi connectivity index (χ4v) is 2.02. The molecule has 0 fully saturated rings. The Kier molecular flexibility index (Phi) is 3.34. The summed E-state index contributed by atoms with van der Waals surface area (Å²) in [6, 6.07) is 0. The second-order valence-corrected chi connectivity index (χ2v) is 4.51. The molecule has 19 heavy (non-hydrogen) atoms. The molecule has 0 bridgehead atoms. The average Bonchev–Trinajstić information content (AvgIpc) is 2.85. The number of halogens is 1. The highest BCUT2D eigenvalue weighted by Crippen LogP contribution is 2.20. The van der Waals surface area contributed by atoms with Crippen molar-refractivity contribution in [2.45, 2.75) is 6.92 Å². The van der Waals surface area contributed by atoms with Crippen LogP contribution in [0.15, 0.2) is 16.9 Å². The number of aryl methyl sites for hydroxylation is 2. The molecule has 2 heterocycles. The number of nitro groups is 1. The molecule has 0 unspecified atom stereocenters. The van der Waals surface area contributed by atoms with Gasteiger partial charge in [0, 0.05) is 7.05 Å². The fraction of sp³-hybridized carbons (Fsp3) is 0.222. The predicted molar refractivity (Wildman–Crippen MR) is 68.2 cm³/mol. The molecule has 0 aliphatic carbocycles. The van der Waals surface area contributed by atoms with E-state index in [1.165, 1.54) is 4.68 Å². The third-order valence-corrected chi connectivity index (χ3v) is 3.31. The van der Waals surface area contributed by atoms with Crippen molar-refractivity contribution in [1.29, 1.82) is 0 Å². The summed E-state index contributed by atoms with van der Waals surface area (Å²) in [6.45, 7) is 1.75. The van der Waals surface area contributed by atoms with Gasteiger partial charge in [-0.1, -0.05) is 0 Å². The summed E-state index contributed by atoms with van der Waals surface area (Å²) < 4.78 is 1.97. The Hall–Kier alpha value is -2.23. The van der Waals surface area contributed by atoms with E-state index in [4.69, 9.17) is 0 Å². The van der Waals surface area contributed by atoms with E-state index in [0.29, 0.717) is 15.9 Å². The Morgan fingerprint density at radius 1 is 1.58 bits per heavy atom. The van der Waals surface area contributed by atoms with Gasteiger partial charge in [0.2, 0.25) is 0 Å². The molecule has 0 saturated heterocycles. The molecule has 2 rings (SSSR count). The largest absolute Gasteiger partial charge is 0.309 e. The SMILES string of the molecule is Cc1nn(C)c(C(=O)Nn2cc([N+](=O)[O-])cn2)c1Br. The molecule has 0 radical (unpaired) electrons. The van der Waals surface area contributed by atoms with Crippen LogP contribution in [0.2, 0.25) is 0 Å². The topological polar surface area (TPSA) is 108 Å². The number of aromatic nitrogens is 4. The summed E-state index contributed by atoms with van der Waals surface area (Å²) in [7, 11) is 1.62. The van der Waals surface area contributed by atoms with E-state index in [1.807, 2.05) is 0 Å². The van der Waals surface area contributed by atoms with Gasteiger partial charge < -0.3 is 0 Å². The zero-order chi connectivity index (χ0) is 14.2.